The van der Waals surface area contributed by atoms with Gasteiger partial charge in [0, 0.05) is 51.8 Å². The largest absolute Gasteiger partial charge is 0.494 e. The lowest BCUT2D eigenvalue weighted by Crippen LogP contribution is -2.54. The van der Waals surface area contributed by atoms with Crippen LogP contribution in [0.5, 0.6) is 5.75 Å². The van der Waals surface area contributed by atoms with Crippen LogP contribution >= 0.6 is 0 Å². The maximum atomic E-state index is 13.2. The highest BCUT2D eigenvalue weighted by atomic mass is 16.5. The number of imide groups is 2. The van der Waals surface area contributed by atoms with Gasteiger partial charge in [-0.25, -0.2) is 4.98 Å². The molecular weight excluding hydrogens is 736 g/mol. The number of amides is 6. The Labute approximate surface area is 326 Å². The van der Waals surface area contributed by atoms with Crippen molar-refractivity contribution in [3.8, 4) is 17.1 Å². The summed E-state index contributed by atoms with van der Waals surface area (Å²) in [5.74, 6) is -1.44. The average molecular weight is 779 g/mol. The van der Waals surface area contributed by atoms with Crippen LogP contribution in [0.3, 0.4) is 0 Å². The number of carbonyl (C=O) groups is 6. The number of aryl methyl sites for hydroxylation is 1. The number of ether oxygens (including phenoxy) is 1. The Kier molecular flexibility index (Phi) is 11.2. The number of anilines is 4. The number of hydrogen-bond donors (Lipinski definition) is 5. The fourth-order valence-electron chi connectivity index (χ4n) is 7.20. The molecule has 2 aromatic heterocycles. The zero-order valence-corrected chi connectivity index (χ0v) is 31.6. The molecule has 3 aliphatic rings. The maximum Gasteiger partial charge on any atom is 0.273 e. The van der Waals surface area contributed by atoms with Gasteiger partial charge in [-0.2, -0.15) is 5.10 Å². The van der Waals surface area contributed by atoms with Gasteiger partial charge in [-0.05, 0) is 68.6 Å². The fraction of sp³-hybridized carbons (Fsp3) is 0.368. The van der Waals surface area contributed by atoms with Crippen molar-refractivity contribution in [2.24, 2.45) is 13.0 Å². The topological polar surface area (TPSA) is 235 Å². The van der Waals surface area contributed by atoms with Gasteiger partial charge in [-0.1, -0.05) is 6.07 Å². The van der Waals surface area contributed by atoms with Crippen molar-refractivity contribution in [1.82, 2.24) is 45.4 Å². The molecule has 296 valence electrons. The molecule has 0 saturated carbocycles. The van der Waals surface area contributed by atoms with Crippen molar-refractivity contribution in [2.45, 2.75) is 38.1 Å². The minimum absolute atomic E-state index is 0.0208. The van der Waals surface area contributed by atoms with E-state index >= 15 is 0 Å². The van der Waals surface area contributed by atoms with Gasteiger partial charge < -0.3 is 30.9 Å². The number of hydrogen-bond acceptors (Lipinski definition) is 14. The Hall–Kier alpha value is -6.76. The summed E-state index contributed by atoms with van der Waals surface area (Å²) in [5, 5.41) is 26.7. The minimum Gasteiger partial charge on any atom is -0.494 e. The zero-order chi connectivity index (χ0) is 40.2. The van der Waals surface area contributed by atoms with E-state index in [9.17, 15) is 28.8 Å². The molecule has 2 aromatic carbocycles. The predicted octanol–water partition coefficient (Wildman–Crippen LogP) is 1.94. The van der Waals surface area contributed by atoms with Crippen LogP contribution < -0.4 is 31.3 Å². The summed E-state index contributed by atoms with van der Waals surface area (Å²) in [6.07, 6.45) is 3.75. The van der Waals surface area contributed by atoms with Crippen LogP contribution in [0.4, 0.5) is 22.9 Å². The SMILES string of the molecule is CNC(=O)c1nnc(NC(=O)CCN2CCC(CNc3ccc4c(c3)C(=O)N(C3CCC(=O)NC3=O)C4=O)CC2)cc1Nc1cccc(-c2ncn(C)n2)c1OC. The first kappa shape index (κ1) is 38.5. The summed E-state index contributed by atoms with van der Waals surface area (Å²) in [6.45, 7) is 2.78. The van der Waals surface area contributed by atoms with Crippen molar-refractivity contribution in [3.63, 3.8) is 0 Å². The highest BCUT2D eigenvalue weighted by molar-refractivity contribution is 6.23. The standard InChI is InChI=1S/C38H42N12O7/c1-39-36(54)32-27(42-26-6-4-5-24(33(26)57-3)34-41-20-48(2)47-34)18-29(45-46-32)43-31(52)13-16-49-14-11-21(12-15-49)19-40-22-7-8-23-25(17-22)38(56)50(37(23)55)28-9-10-30(51)44-35(28)53/h4-8,17-18,20-21,28,40H,9-16,19H2,1-3H3,(H,39,54)(H,44,51,53)(H2,42,43,45,52). The molecule has 3 aliphatic heterocycles. The quantitative estimate of drug-likeness (QED) is 0.122. The van der Waals surface area contributed by atoms with Crippen LogP contribution in [0.25, 0.3) is 11.4 Å². The number of aromatic nitrogens is 5. The number of para-hydroxylation sites is 1. The highest BCUT2D eigenvalue weighted by Gasteiger charge is 2.44. The highest BCUT2D eigenvalue weighted by Crippen LogP contribution is 2.37. The molecule has 0 spiro atoms. The van der Waals surface area contributed by atoms with E-state index in [4.69, 9.17) is 4.74 Å². The fourth-order valence-corrected chi connectivity index (χ4v) is 7.20. The Morgan fingerprint density at radius 3 is 2.46 bits per heavy atom. The molecule has 0 radical (unpaired) electrons. The summed E-state index contributed by atoms with van der Waals surface area (Å²) in [6, 6.07) is 10.9. The second-order valence-electron chi connectivity index (χ2n) is 14.0. The van der Waals surface area contributed by atoms with E-state index in [1.54, 1.807) is 54.5 Å². The molecule has 7 rings (SSSR count). The lowest BCUT2D eigenvalue weighted by molar-refractivity contribution is -0.136. The average Bonchev–Trinajstić information content (AvgIpc) is 3.75. The number of benzene rings is 2. The van der Waals surface area contributed by atoms with Crippen LogP contribution in [0.1, 0.15) is 63.3 Å². The number of rotatable bonds is 13. The number of fused-ring (bicyclic) bond motifs is 1. The third-order valence-electron chi connectivity index (χ3n) is 10.2. The Bertz CT molecular complexity index is 2250. The molecule has 2 saturated heterocycles. The van der Waals surface area contributed by atoms with Gasteiger partial charge in [0.1, 0.15) is 12.4 Å². The molecule has 1 unspecified atom stereocenters. The number of carbonyl (C=O) groups excluding carboxylic acids is 6. The van der Waals surface area contributed by atoms with E-state index in [0.29, 0.717) is 53.2 Å². The molecule has 4 aromatic rings. The van der Waals surface area contributed by atoms with Gasteiger partial charge in [-0.15, -0.1) is 10.2 Å². The van der Waals surface area contributed by atoms with Crippen LogP contribution in [-0.4, -0.2) is 117 Å². The number of methoxy groups -OCH3 is 1. The lowest BCUT2D eigenvalue weighted by atomic mass is 9.96. The third-order valence-corrected chi connectivity index (χ3v) is 10.2. The summed E-state index contributed by atoms with van der Waals surface area (Å²) >= 11 is 0. The maximum absolute atomic E-state index is 13.2. The molecule has 57 heavy (non-hydrogen) atoms. The molecule has 1 atom stereocenters. The Balaban J connectivity index is 0.903. The summed E-state index contributed by atoms with van der Waals surface area (Å²) in [4.78, 5) is 83.4. The van der Waals surface area contributed by atoms with E-state index in [-0.39, 0.29) is 47.8 Å². The third kappa shape index (κ3) is 8.27. The Morgan fingerprint density at radius 2 is 1.74 bits per heavy atom. The summed E-state index contributed by atoms with van der Waals surface area (Å²) < 4.78 is 7.29. The van der Waals surface area contributed by atoms with E-state index in [1.807, 2.05) is 6.07 Å². The van der Waals surface area contributed by atoms with Gasteiger partial charge in [0.2, 0.25) is 17.7 Å². The minimum atomic E-state index is -1.01. The van der Waals surface area contributed by atoms with Crippen LogP contribution in [-0.2, 0) is 21.4 Å². The van der Waals surface area contributed by atoms with E-state index < -0.39 is 35.6 Å². The van der Waals surface area contributed by atoms with Crippen molar-refractivity contribution < 1.29 is 33.5 Å². The number of nitrogens with one attached hydrogen (secondary N) is 5. The van der Waals surface area contributed by atoms with Crippen molar-refractivity contribution in [3.05, 3.63) is 65.6 Å². The van der Waals surface area contributed by atoms with Gasteiger partial charge in [-0.3, -0.25) is 43.7 Å². The van der Waals surface area contributed by atoms with Crippen LogP contribution in [0.15, 0.2) is 48.8 Å². The molecule has 19 heteroatoms. The second-order valence-corrected chi connectivity index (χ2v) is 14.0. The molecule has 0 aliphatic carbocycles. The van der Waals surface area contributed by atoms with Crippen molar-refractivity contribution >= 4 is 58.3 Å². The molecule has 5 heterocycles. The zero-order valence-electron chi connectivity index (χ0n) is 31.6. The number of piperidine rings is 2. The van der Waals surface area contributed by atoms with Crippen molar-refractivity contribution in [1.29, 1.82) is 0 Å². The van der Waals surface area contributed by atoms with Crippen LogP contribution in [0, 0.1) is 5.92 Å². The summed E-state index contributed by atoms with van der Waals surface area (Å²) in [5.41, 5.74) is 2.64. The van der Waals surface area contributed by atoms with Crippen molar-refractivity contribution in [2.75, 3.05) is 56.3 Å². The molecule has 0 bridgehead atoms. The van der Waals surface area contributed by atoms with E-state index in [0.717, 1.165) is 30.8 Å². The first-order chi connectivity index (χ1) is 27.5. The molecule has 2 fully saturated rings. The van der Waals surface area contributed by atoms with Gasteiger partial charge in [0.15, 0.2) is 23.1 Å². The first-order valence-corrected chi connectivity index (χ1v) is 18.5. The second kappa shape index (κ2) is 16.5. The monoisotopic (exact) mass is 778 g/mol. The first-order valence-electron chi connectivity index (χ1n) is 18.5. The molecule has 6 amide bonds. The normalized spacial score (nSPS) is 17.2. The van der Waals surface area contributed by atoms with Gasteiger partial charge >= 0.3 is 0 Å². The number of nitrogens with zero attached hydrogens (tertiary/aromatic N) is 7. The predicted molar refractivity (Wildman–Crippen MR) is 206 cm³/mol. The van der Waals surface area contributed by atoms with Gasteiger partial charge in [0.25, 0.3) is 17.7 Å². The van der Waals surface area contributed by atoms with E-state index in [1.165, 1.54) is 14.2 Å². The molecular formula is C38H42N12O7. The van der Waals surface area contributed by atoms with E-state index in [2.05, 4.69) is 51.8 Å². The smallest absolute Gasteiger partial charge is 0.273 e. The molecule has 19 nitrogen and oxygen atoms in total. The number of likely N-dealkylation sites (tertiary alicyclic amines) is 1. The lowest BCUT2D eigenvalue weighted by Gasteiger charge is -2.32. The Morgan fingerprint density at radius 1 is 0.947 bits per heavy atom. The summed E-state index contributed by atoms with van der Waals surface area (Å²) in [7, 11) is 4.77. The molecule has 5 N–H and O–H groups in total. The van der Waals surface area contributed by atoms with Crippen LogP contribution in [0.2, 0.25) is 0 Å². The van der Waals surface area contributed by atoms with Gasteiger partial charge in [0.05, 0.1) is 35.2 Å².